The molecule has 2 aliphatic heterocycles. The van der Waals surface area contributed by atoms with E-state index in [1.165, 1.54) is 21.3 Å². The Morgan fingerprint density at radius 1 is 0.880 bits per heavy atom. The van der Waals surface area contributed by atoms with Gasteiger partial charge in [0.2, 0.25) is 0 Å². The summed E-state index contributed by atoms with van der Waals surface area (Å²) in [6, 6.07) is 18.0. The van der Waals surface area contributed by atoms with Crippen LogP contribution in [0.25, 0.3) is 10.1 Å². The maximum atomic E-state index is 2.68. The van der Waals surface area contributed by atoms with E-state index in [0.29, 0.717) is 0 Å². The van der Waals surface area contributed by atoms with Gasteiger partial charge in [0.15, 0.2) is 0 Å². The van der Waals surface area contributed by atoms with E-state index in [-0.39, 0.29) is 16.4 Å². The molecule has 0 spiro atoms. The van der Waals surface area contributed by atoms with Crippen LogP contribution in [0.2, 0.25) is 0 Å². The molecule has 0 fully saturated rings. The zero-order valence-corrected chi connectivity index (χ0v) is 16.5. The largest absolute Gasteiger partial charge is 0.356 e. The highest BCUT2D eigenvalue weighted by Crippen LogP contribution is 2.66. The van der Waals surface area contributed by atoms with Gasteiger partial charge in [-0.3, -0.25) is 0 Å². The first-order chi connectivity index (χ1) is 11.8. The van der Waals surface area contributed by atoms with Crippen LogP contribution in [0.15, 0.2) is 48.5 Å². The van der Waals surface area contributed by atoms with Gasteiger partial charge in [0.1, 0.15) is 0 Å². The number of nitrogens with zero attached hydrogens (tertiary/aromatic N) is 1. The van der Waals surface area contributed by atoms with Crippen LogP contribution in [0.5, 0.6) is 0 Å². The number of fused-ring (bicyclic) bond motifs is 7. The van der Waals surface area contributed by atoms with Gasteiger partial charge >= 0.3 is 0 Å². The molecule has 25 heavy (non-hydrogen) atoms. The van der Waals surface area contributed by atoms with E-state index in [1.54, 1.807) is 10.4 Å². The Kier molecular flexibility index (Phi) is 2.77. The molecule has 0 amide bonds. The molecular weight excluding hydrogens is 322 g/mol. The zero-order chi connectivity index (χ0) is 17.6. The Hall–Kier alpha value is -1.80. The van der Waals surface area contributed by atoms with E-state index in [2.05, 4.69) is 88.0 Å². The van der Waals surface area contributed by atoms with Gasteiger partial charge in [0.05, 0.1) is 12.1 Å². The average molecular weight is 348 g/mol. The normalized spacial score (nSPS) is 25.6. The van der Waals surface area contributed by atoms with Crippen LogP contribution in [0.3, 0.4) is 0 Å². The van der Waals surface area contributed by atoms with E-state index in [4.69, 9.17) is 0 Å². The molecular formula is C23H25NS. The SMILES string of the molecule is CC1(C)c2ccccc2N2Cc3sc4ccccc4c3C2(C)C1(C)C. The maximum absolute atomic E-state index is 2.68. The minimum atomic E-state index is -0.000208. The van der Waals surface area contributed by atoms with Crippen molar-refractivity contribution in [2.75, 3.05) is 4.90 Å². The second-order valence-corrected chi connectivity index (χ2v) is 9.96. The Morgan fingerprint density at radius 2 is 1.56 bits per heavy atom. The summed E-state index contributed by atoms with van der Waals surface area (Å²) in [6.07, 6.45) is 0. The van der Waals surface area contributed by atoms with Crippen molar-refractivity contribution >= 4 is 27.1 Å². The van der Waals surface area contributed by atoms with Gasteiger partial charge in [-0.1, -0.05) is 64.1 Å². The molecule has 1 atom stereocenters. The van der Waals surface area contributed by atoms with Crippen molar-refractivity contribution in [3.8, 4) is 0 Å². The second kappa shape index (κ2) is 4.48. The molecule has 2 aliphatic rings. The highest BCUT2D eigenvalue weighted by atomic mass is 32.1. The molecule has 1 unspecified atom stereocenters. The number of thiophene rings is 1. The Morgan fingerprint density at radius 3 is 2.36 bits per heavy atom. The lowest BCUT2D eigenvalue weighted by Crippen LogP contribution is -2.61. The molecule has 2 heteroatoms. The lowest BCUT2D eigenvalue weighted by Gasteiger charge is -2.61. The summed E-state index contributed by atoms with van der Waals surface area (Å²) >= 11 is 1.98. The smallest absolute Gasteiger partial charge is 0.0706 e. The van der Waals surface area contributed by atoms with Crippen molar-refractivity contribution in [2.24, 2.45) is 5.41 Å². The van der Waals surface area contributed by atoms with Gasteiger partial charge in [-0.25, -0.2) is 0 Å². The van der Waals surface area contributed by atoms with Gasteiger partial charge in [0, 0.05) is 26.2 Å². The van der Waals surface area contributed by atoms with Crippen molar-refractivity contribution < 1.29 is 0 Å². The van der Waals surface area contributed by atoms with Gasteiger partial charge in [-0.2, -0.15) is 0 Å². The fourth-order valence-electron chi connectivity index (χ4n) is 5.34. The average Bonchev–Trinajstić information content (AvgIpc) is 3.09. The number of anilines is 1. The molecule has 0 radical (unpaired) electrons. The van der Waals surface area contributed by atoms with Gasteiger partial charge in [0.25, 0.3) is 0 Å². The van der Waals surface area contributed by atoms with Crippen molar-refractivity contribution in [3.63, 3.8) is 0 Å². The van der Waals surface area contributed by atoms with Crippen LogP contribution in [0.1, 0.15) is 50.6 Å². The zero-order valence-electron chi connectivity index (χ0n) is 15.7. The number of hydrogen-bond acceptors (Lipinski definition) is 2. The van der Waals surface area contributed by atoms with Crippen LogP contribution in [0.4, 0.5) is 5.69 Å². The molecule has 0 aliphatic carbocycles. The third kappa shape index (κ3) is 1.56. The summed E-state index contributed by atoms with van der Waals surface area (Å²) in [5.41, 5.74) is 4.67. The number of hydrogen-bond donors (Lipinski definition) is 0. The van der Waals surface area contributed by atoms with E-state index >= 15 is 0 Å². The summed E-state index contributed by atoms with van der Waals surface area (Å²) in [7, 11) is 0. The molecule has 3 aromatic rings. The predicted molar refractivity (Wildman–Crippen MR) is 109 cm³/mol. The number of rotatable bonds is 0. The third-order valence-corrected chi connectivity index (χ3v) is 8.80. The monoisotopic (exact) mass is 347 g/mol. The summed E-state index contributed by atoms with van der Waals surface area (Å²) in [5, 5.41) is 1.45. The van der Waals surface area contributed by atoms with Crippen molar-refractivity contribution in [1.29, 1.82) is 0 Å². The quantitative estimate of drug-likeness (QED) is 0.451. The molecule has 0 bridgehead atoms. The minimum absolute atomic E-state index is 0.000208. The van der Waals surface area contributed by atoms with Crippen molar-refractivity contribution in [2.45, 2.75) is 52.1 Å². The molecule has 2 aromatic carbocycles. The van der Waals surface area contributed by atoms with Crippen LogP contribution in [-0.2, 0) is 17.5 Å². The van der Waals surface area contributed by atoms with Crippen LogP contribution in [-0.4, -0.2) is 0 Å². The molecule has 1 aromatic heterocycles. The lowest BCUT2D eigenvalue weighted by molar-refractivity contribution is 0.0694. The van der Waals surface area contributed by atoms with E-state index in [1.807, 2.05) is 11.3 Å². The molecule has 0 N–H and O–H groups in total. The maximum Gasteiger partial charge on any atom is 0.0706 e. The number of para-hydroxylation sites is 1. The fraction of sp³-hybridized carbons (Fsp3) is 0.391. The number of benzene rings is 2. The molecule has 5 rings (SSSR count). The first-order valence-electron chi connectivity index (χ1n) is 9.18. The van der Waals surface area contributed by atoms with E-state index in [9.17, 15) is 0 Å². The van der Waals surface area contributed by atoms with Gasteiger partial charge < -0.3 is 4.90 Å². The van der Waals surface area contributed by atoms with Gasteiger partial charge in [-0.05, 0) is 35.4 Å². The van der Waals surface area contributed by atoms with Crippen molar-refractivity contribution in [1.82, 2.24) is 0 Å². The minimum Gasteiger partial charge on any atom is -0.356 e. The highest BCUT2D eigenvalue weighted by molar-refractivity contribution is 7.19. The first-order valence-corrected chi connectivity index (χ1v) is 10.00. The van der Waals surface area contributed by atoms with Crippen LogP contribution < -0.4 is 4.90 Å². The van der Waals surface area contributed by atoms with Crippen molar-refractivity contribution in [3.05, 3.63) is 64.5 Å². The standard InChI is InChI=1S/C23H25NS/c1-21(2)16-11-7-8-12-17(16)24-14-19-20(23(24,5)22(21,3)4)15-10-6-9-13-18(15)25-19/h6-13H,14H2,1-5H3. The Bertz CT molecular complexity index is 1010. The highest BCUT2D eigenvalue weighted by Gasteiger charge is 2.62. The Balaban J connectivity index is 1.89. The van der Waals surface area contributed by atoms with Crippen LogP contribution in [0, 0.1) is 5.41 Å². The van der Waals surface area contributed by atoms with Gasteiger partial charge in [-0.15, -0.1) is 11.3 Å². The van der Waals surface area contributed by atoms with E-state index in [0.717, 1.165) is 6.54 Å². The lowest BCUT2D eigenvalue weighted by atomic mass is 9.51. The van der Waals surface area contributed by atoms with Crippen LogP contribution >= 0.6 is 11.3 Å². The topological polar surface area (TPSA) is 3.24 Å². The summed E-state index contributed by atoms with van der Waals surface area (Å²) < 4.78 is 1.43. The summed E-state index contributed by atoms with van der Waals surface area (Å²) in [6.45, 7) is 13.3. The summed E-state index contributed by atoms with van der Waals surface area (Å²) in [4.78, 5) is 4.23. The fourth-order valence-corrected chi connectivity index (χ4v) is 6.63. The molecule has 0 saturated heterocycles. The second-order valence-electron chi connectivity index (χ2n) is 8.82. The summed E-state index contributed by atoms with van der Waals surface area (Å²) in [5.74, 6) is 0. The van der Waals surface area contributed by atoms with E-state index < -0.39 is 0 Å². The Labute approximate surface area is 154 Å². The molecule has 0 saturated carbocycles. The first kappa shape index (κ1) is 15.5. The molecule has 1 nitrogen and oxygen atoms in total. The predicted octanol–water partition coefficient (Wildman–Crippen LogP) is 6.45. The molecule has 3 heterocycles. The molecule has 128 valence electrons. The third-order valence-electron chi connectivity index (χ3n) is 7.64.